The van der Waals surface area contributed by atoms with Crippen molar-refractivity contribution in [2.75, 3.05) is 11.9 Å². The Morgan fingerprint density at radius 1 is 1.50 bits per heavy atom. The van der Waals surface area contributed by atoms with Crippen LogP contribution < -0.4 is 5.32 Å². The molecule has 1 heterocycles. The van der Waals surface area contributed by atoms with Gasteiger partial charge in [-0.1, -0.05) is 11.6 Å². The molecule has 18 heavy (non-hydrogen) atoms. The number of hydrogen-bond donors (Lipinski definition) is 1. The lowest BCUT2D eigenvalue weighted by atomic mass is 10.2. The second-order valence-corrected chi connectivity index (χ2v) is 4.27. The predicted molar refractivity (Wildman–Crippen MR) is 69.4 cm³/mol. The van der Waals surface area contributed by atoms with Crippen molar-refractivity contribution >= 4 is 17.3 Å². The van der Waals surface area contributed by atoms with Crippen molar-refractivity contribution in [1.29, 1.82) is 5.26 Å². The van der Waals surface area contributed by atoms with Crippen LogP contribution in [0.15, 0.2) is 24.5 Å². The first-order valence-electron chi connectivity index (χ1n) is 5.47. The van der Waals surface area contributed by atoms with Crippen LogP contribution in [0.5, 0.6) is 0 Å². The first-order valence-corrected chi connectivity index (χ1v) is 5.85. The number of rotatable bonds is 4. The Morgan fingerprint density at radius 2 is 2.33 bits per heavy atom. The highest BCUT2D eigenvalue weighted by Gasteiger charge is 2.04. The second-order valence-electron chi connectivity index (χ2n) is 3.84. The van der Waals surface area contributed by atoms with Gasteiger partial charge in [0.1, 0.15) is 18.2 Å². The quantitative estimate of drug-likeness (QED) is 0.914. The van der Waals surface area contributed by atoms with Gasteiger partial charge in [-0.2, -0.15) is 5.26 Å². The summed E-state index contributed by atoms with van der Waals surface area (Å²) in [5, 5.41) is 20.6. The van der Waals surface area contributed by atoms with Crippen molar-refractivity contribution < 1.29 is 0 Å². The molecule has 0 bridgehead atoms. The Balaban J connectivity index is 2.00. The van der Waals surface area contributed by atoms with E-state index in [1.165, 1.54) is 0 Å². The molecule has 5 nitrogen and oxygen atoms in total. The zero-order valence-electron chi connectivity index (χ0n) is 9.89. The lowest BCUT2D eigenvalue weighted by Crippen LogP contribution is -2.09. The van der Waals surface area contributed by atoms with Crippen molar-refractivity contribution in [3.8, 4) is 6.07 Å². The lowest BCUT2D eigenvalue weighted by molar-refractivity contribution is 0.788. The van der Waals surface area contributed by atoms with E-state index in [4.69, 9.17) is 16.9 Å². The molecular formula is C12H12ClN5. The SMILES string of the molecule is Cn1cnnc1CCNc1cc(Cl)ccc1C#N. The van der Waals surface area contributed by atoms with Crippen LogP contribution in [0.4, 0.5) is 5.69 Å². The van der Waals surface area contributed by atoms with Crippen molar-refractivity contribution in [1.82, 2.24) is 14.8 Å². The highest BCUT2D eigenvalue weighted by molar-refractivity contribution is 6.30. The van der Waals surface area contributed by atoms with Crippen molar-refractivity contribution in [2.24, 2.45) is 7.05 Å². The van der Waals surface area contributed by atoms with Gasteiger partial charge in [-0.25, -0.2) is 0 Å². The summed E-state index contributed by atoms with van der Waals surface area (Å²) in [6.07, 6.45) is 2.39. The fourth-order valence-corrected chi connectivity index (χ4v) is 1.77. The molecule has 0 saturated carbocycles. The molecule has 0 saturated heterocycles. The number of aromatic nitrogens is 3. The molecule has 0 aliphatic rings. The van der Waals surface area contributed by atoms with Gasteiger partial charge < -0.3 is 9.88 Å². The molecule has 1 N–H and O–H groups in total. The minimum atomic E-state index is 0.581. The Hall–Kier alpha value is -2.06. The van der Waals surface area contributed by atoms with E-state index in [1.54, 1.807) is 24.5 Å². The summed E-state index contributed by atoms with van der Waals surface area (Å²) in [6.45, 7) is 0.668. The maximum atomic E-state index is 8.98. The number of hydrogen-bond acceptors (Lipinski definition) is 4. The molecule has 1 aromatic carbocycles. The number of aryl methyl sites for hydroxylation is 1. The summed E-state index contributed by atoms with van der Waals surface area (Å²) < 4.78 is 1.87. The van der Waals surface area contributed by atoms with Crippen LogP contribution in [0.25, 0.3) is 0 Å². The highest BCUT2D eigenvalue weighted by atomic mass is 35.5. The van der Waals surface area contributed by atoms with Gasteiger partial charge in [0.2, 0.25) is 0 Å². The van der Waals surface area contributed by atoms with Crippen LogP contribution in [0.2, 0.25) is 5.02 Å². The van der Waals surface area contributed by atoms with Crippen molar-refractivity contribution in [3.05, 3.63) is 40.9 Å². The van der Waals surface area contributed by atoms with E-state index in [9.17, 15) is 0 Å². The van der Waals surface area contributed by atoms with E-state index in [-0.39, 0.29) is 0 Å². The summed E-state index contributed by atoms with van der Waals surface area (Å²) in [4.78, 5) is 0. The molecular weight excluding hydrogens is 250 g/mol. The van der Waals surface area contributed by atoms with Gasteiger partial charge >= 0.3 is 0 Å². The number of nitrogens with one attached hydrogen (secondary N) is 1. The summed E-state index contributed by atoms with van der Waals surface area (Å²) in [6, 6.07) is 7.27. The number of benzene rings is 1. The molecule has 0 spiro atoms. The summed E-state index contributed by atoms with van der Waals surface area (Å²) >= 11 is 5.90. The van der Waals surface area contributed by atoms with Crippen LogP contribution in [-0.2, 0) is 13.5 Å². The van der Waals surface area contributed by atoms with Gasteiger partial charge in [0.25, 0.3) is 0 Å². The normalized spacial score (nSPS) is 10.1. The zero-order chi connectivity index (χ0) is 13.0. The fraction of sp³-hybridized carbons (Fsp3) is 0.250. The van der Waals surface area contributed by atoms with Crippen molar-refractivity contribution in [3.63, 3.8) is 0 Å². The highest BCUT2D eigenvalue weighted by Crippen LogP contribution is 2.20. The van der Waals surface area contributed by atoms with Crippen LogP contribution in [0, 0.1) is 11.3 Å². The fourth-order valence-electron chi connectivity index (χ4n) is 1.60. The molecule has 0 amide bonds. The monoisotopic (exact) mass is 261 g/mol. The van der Waals surface area contributed by atoms with E-state index in [2.05, 4.69) is 21.6 Å². The van der Waals surface area contributed by atoms with E-state index in [0.29, 0.717) is 17.1 Å². The number of halogens is 1. The number of nitriles is 1. The average molecular weight is 262 g/mol. The molecule has 0 fully saturated rings. The minimum Gasteiger partial charge on any atom is -0.383 e. The molecule has 6 heteroatoms. The van der Waals surface area contributed by atoms with Gasteiger partial charge in [0, 0.05) is 25.0 Å². The topological polar surface area (TPSA) is 66.5 Å². The van der Waals surface area contributed by atoms with Gasteiger partial charge in [-0.3, -0.25) is 0 Å². The zero-order valence-corrected chi connectivity index (χ0v) is 10.6. The van der Waals surface area contributed by atoms with Crippen LogP contribution in [0.3, 0.4) is 0 Å². The second kappa shape index (κ2) is 5.52. The molecule has 1 aromatic heterocycles. The summed E-state index contributed by atoms with van der Waals surface area (Å²) in [5.74, 6) is 0.892. The Bertz CT molecular complexity index is 584. The molecule has 0 unspecified atom stereocenters. The van der Waals surface area contributed by atoms with E-state index >= 15 is 0 Å². The van der Waals surface area contributed by atoms with E-state index in [0.717, 1.165) is 17.9 Å². The van der Waals surface area contributed by atoms with Crippen LogP contribution in [-0.4, -0.2) is 21.3 Å². The Morgan fingerprint density at radius 3 is 3.00 bits per heavy atom. The molecule has 92 valence electrons. The van der Waals surface area contributed by atoms with Crippen LogP contribution >= 0.6 is 11.6 Å². The van der Waals surface area contributed by atoms with Gasteiger partial charge in [-0.15, -0.1) is 10.2 Å². The van der Waals surface area contributed by atoms with Crippen LogP contribution in [0.1, 0.15) is 11.4 Å². The average Bonchev–Trinajstić information content (AvgIpc) is 2.76. The minimum absolute atomic E-state index is 0.581. The first-order chi connectivity index (χ1) is 8.70. The third kappa shape index (κ3) is 2.79. The molecule has 0 aliphatic carbocycles. The Kier molecular flexibility index (Phi) is 3.80. The number of anilines is 1. The van der Waals surface area contributed by atoms with Gasteiger partial charge in [0.05, 0.1) is 11.3 Å². The first kappa shape index (κ1) is 12.4. The smallest absolute Gasteiger partial charge is 0.134 e. The maximum Gasteiger partial charge on any atom is 0.134 e. The largest absolute Gasteiger partial charge is 0.383 e. The third-order valence-electron chi connectivity index (χ3n) is 2.57. The standard InChI is InChI=1S/C12H12ClN5/c1-18-8-16-17-12(18)4-5-15-11-6-10(13)3-2-9(11)7-14/h2-3,6,8,15H,4-5H2,1H3. The van der Waals surface area contributed by atoms with E-state index < -0.39 is 0 Å². The number of nitrogens with zero attached hydrogens (tertiary/aromatic N) is 4. The predicted octanol–water partition coefficient (Wildman–Crippen LogP) is 1.99. The molecule has 0 aliphatic heterocycles. The molecule has 2 aromatic rings. The van der Waals surface area contributed by atoms with Crippen molar-refractivity contribution in [2.45, 2.75) is 6.42 Å². The lowest BCUT2D eigenvalue weighted by Gasteiger charge is -2.08. The molecule has 0 atom stereocenters. The third-order valence-corrected chi connectivity index (χ3v) is 2.81. The van der Waals surface area contributed by atoms with Gasteiger partial charge in [-0.05, 0) is 18.2 Å². The van der Waals surface area contributed by atoms with Gasteiger partial charge in [0.15, 0.2) is 0 Å². The summed E-state index contributed by atoms with van der Waals surface area (Å²) in [5.41, 5.74) is 1.32. The molecule has 2 rings (SSSR count). The maximum absolute atomic E-state index is 8.98. The molecule has 0 radical (unpaired) electrons. The van der Waals surface area contributed by atoms with E-state index in [1.807, 2.05) is 11.6 Å². The Labute approximate surface area is 110 Å². The summed E-state index contributed by atoms with van der Waals surface area (Å²) in [7, 11) is 1.90.